The summed E-state index contributed by atoms with van der Waals surface area (Å²) in [5.41, 5.74) is -1.48. The van der Waals surface area contributed by atoms with Gasteiger partial charge in [-0.2, -0.15) is 0 Å². The topological polar surface area (TPSA) is 105 Å². The summed E-state index contributed by atoms with van der Waals surface area (Å²) < 4.78 is 17.4. The maximum atomic E-state index is 11.8. The molecule has 150 valence electrons. The molecular formula is C18H27N3O6. The summed E-state index contributed by atoms with van der Waals surface area (Å²) in [6, 6.07) is 0. The number of ether oxygens (including phenoxy) is 3. The van der Waals surface area contributed by atoms with E-state index in [9.17, 15) is 15.0 Å². The lowest BCUT2D eigenvalue weighted by molar-refractivity contribution is -0.146. The molecule has 3 N–H and O–H groups in total. The largest absolute Gasteiger partial charge is 0.391 e. The Morgan fingerprint density at radius 2 is 2.11 bits per heavy atom. The molecule has 0 aromatic carbocycles. The van der Waals surface area contributed by atoms with E-state index in [0.717, 1.165) is 0 Å². The number of nitrogens with zero attached hydrogens (tertiary/aromatic N) is 2. The quantitative estimate of drug-likeness (QED) is 0.546. The Hall–Kier alpha value is -1.96. The number of aliphatic hydroxyl groups excluding tert-OH is 2. The predicted octanol–water partition coefficient (Wildman–Crippen LogP) is 0.317. The first-order valence-corrected chi connectivity index (χ1v) is 8.77. The van der Waals surface area contributed by atoms with E-state index < -0.39 is 36.7 Å². The molecular weight excluding hydrogens is 354 g/mol. The van der Waals surface area contributed by atoms with Crippen molar-refractivity contribution >= 4 is 5.91 Å². The molecule has 1 amide bonds. The van der Waals surface area contributed by atoms with Crippen molar-refractivity contribution in [3.05, 3.63) is 35.6 Å². The number of hydrogen-bond donors (Lipinski definition) is 3. The molecule has 4 atom stereocenters. The number of hydrogen-bond acceptors (Lipinski definition) is 7. The Morgan fingerprint density at radius 3 is 2.63 bits per heavy atom. The number of aliphatic hydroxyl groups is 2. The molecule has 9 nitrogen and oxygen atoms in total. The van der Waals surface area contributed by atoms with E-state index in [1.807, 2.05) is 13.8 Å². The summed E-state index contributed by atoms with van der Waals surface area (Å²) in [4.78, 5) is 16.8. The first-order valence-electron chi connectivity index (χ1n) is 8.77. The molecule has 9 heteroatoms. The van der Waals surface area contributed by atoms with Crippen LogP contribution in [0.2, 0.25) is 0 Å². The van der Waals surface area contributed by atoms with Gasteiger partial charge in [0.15, 0.2) is 18.9 Å². The van der Waals surface area contributed by atoms with Gasteiger partial charge in [-0.25, -0.2) is 6.57 Å². The minimum absolute atomic E-state index is 0.0817. The first-order chi connectivity index (χ1) is 12.6. The number of nitrogens with one attached hydrogen (secondary N) is 1. The molecule has 0 radical (unpaired) electrons. The summed E-state index contributed by atoms with van der Waals surface area (Å²) >= 11 is 0. The van der Waals surface area contributed by atoms with E-state index in [-0.39, 0.29) is 30.2 Å². The Balaban J connectivity index is 2.38. The molecule has 1 saturated heterocycles. The van der Waals surface area contributed by atoms with Crippen molar-refractivity contribution in [1.82, 2.24) is 10.2 Å². The summed E-state index contributed by atoms with van der Waals surface area (Å²) in [6.07, 6.45) is -2.30. The minimum Gasteiger partial charge on any atom is -0.391 e. The molecule has 0 aliphatic carbocycles. The van der Waals surface area contributed by atoms with Gasteiger partial charge < -0.3 is 29.9 Å². The summed E-state index contributed by atoms with van der Waals surface area (Å²) in [6.45, 7) is 18.1. The average molecular weight is 381 g/mol. The van der Waals surface area contributed by atoms with E-state index in [2.05, 4.69) is 16.7 Å². The van der Waals surface area contributed by atoms with Gasteiger partial charge in [0, 0.05) is 6.20 Å². The van der Waals surface area contributed by atoms with E-state index in [4.69, 9.17) is 20.8 Å². The smallest absolute Gasteiger partial charge is 0.391 e. The summed E-state index contributed by atoms with van der Waals surface area (Å²) in [5.74, 6) is -0.323. The van der Waals surface area contributed by atoms with Gasteiger partial charge in [-0.1, -0.05) is 6.58 Å². The van der Waals surface area contributed by atoms with Gasteiger partial charge in [0.25, 0.3) is 5.91 Å². The van der Waals surface area contributed by atoms with Gasteiger partial charge in [0.1, 0.15) is 11.9 Å². The number of rotatable bonds is 7. The second-order valence-corrected chi connectivity index (χ2v) is 7.04. The van der Waals surface area contributed by atoms with Gasteiger partial charge in [-0.15, -0.1) is 0 Å². The number of amides is 1. The molecule has 27 heavy (non-hydrogen) atoms. The highest BCUT2D eigenvalue weighted by Gasteiger charge is 2.64. The first kappa shape index (κ1) is 21.3. The van der Waals surface area contributed by atoms with Gasteiger partial charge in [0.2, 0.25) is 0 Å². The van der Waals surface area contributed by atoms with Crippen LogP contribution in [0.15, 0.2) is 24.2 Å². The van der Waals surface area contributed by atoms with Crippen LogP contribution in [0.5, 0.6) is 0 Å². The van der Waals surface area contributed by atoms with Gasteiger partial charge in [-0.3, -0.25) is 14.4 Å². The third kappa shape index (κ3) is 4.31. The zero-order chi connectivity index (χ0) is 20.4. The maximum absolute atomic E-state index is 11.8. The van der Waals surface area contributed by atoms with Crippen molar-refractivity contribution in [2.75, 3.05) is 13.2 Å². The summed E-state index contributed by atoms with van der Waals surface area (Å²) in [7, 11) is 0. The minimum atomic E-state index is -1.56. The van der Waals surface area contributed by atoms with Gasteiger partial charge in [-0.05, 0) is 27.7 Å². The van der Waals surface area contributed by atoms with Crippen molar-refractivity contribution in [3.63, 3.8) is 0 Å². The van der Waals surface area contributed by atoms with Gasteiger partial charge >= 0.3 is 5.72 Å². The van der Waals surface area contributed by atoms with Crippen molar-refractivity contribution < 1.29 is 29.2 Å². The lowest BCUT2D eigenvalue weighted by Crippen LogP contribution is -2.49. The maximum Gasteiger partial charge on any atom is 0.391 e. The Kier molecular flexibility index (Phi) is 6.62. The second kappa shape index (κ2) is 8.37. The fourth-order valence-electron chi connectivity index (χ4n) is 2.91. The fourth-order valence-corrected chi connectivity index (χ4v) is 2.91. The second-order valence-electron chi connectivity index (χ2n) is 7.04. The van der Waals surface area contributed by atoms with Crippen molar-refractivity contribution in [3.8, 4) is 0 Å². The van der Waals surface area contributed by atoms with E-state index in [1.165, 1.54) is 11.1 Å². The van der Waals surface area contributed by atoms with Crippen LogP contribution in [0.3, 0.4) is 0 Å². The van der Waals surface area contributed by atoms with E-state index in [0.29, 0.717) is 0 Å². The van der Waals surface area contributed by atoms with Crippen molar-refractivity contribution in [1.29, 1.82) is 0 Å². The zero-order valence-electron chi connectivity index (χ0n) is 16.0. The van der Waals surface area contributed by atoms with Crippen LogP contribution in [0.1, 0.15) is 27.7 Å². The number of carbonyl (C=O) groups excluding carboxylic acids is 1. The van der Waals surface area contributed by atoms with Crippen LogP contribution in [-0.2, 0) is 19.0 Å². The average Bonchev–Trinajstić information content (AvgIpc) is 2.86. The van der Waals surface area contributed by atoms with Crippen LogP contribution >= 0.6 is 0 Å². The Bertz CT molecular complexity index is 656. The van der Waals surface area contributed by atoms with Crippen LogP contribution in [0, 0.1) is 6.57 Å². The third-order valence-corrected chi connectivity index (χ3v) is 4.20. The monoisotopic (exact) mass is 381 g/mol. The van der Waals surface area contributed by atoms with Crippen molar-refractivity contribution in [2.24, 2.45) is 0 Å². The van der Waals surface area contributed by atoms with Crippen LogP contribution in [-0.4, -0.2) is 70.6 Å². The molecule has 0 saturated carbocycles. The molecule has 0 bridgehead atoms. The molecule has 1 unspecified atom stereocenters. The Morgan fingerprint density at radius 1 is 1.44 bits per heavy atom. The molecule has 0 aromatic rings. The normalized spacial score (nSPS) is 31.3. The van der Waals surface area contributed by atoms with E-state index >= 15 is 0 Å². The zero-order valence-corrected chi connectivity index (χ0v) is 16.0. The highest BCUT2D eigenvalue weighted by atomic mass is 16.6. The van der Waals surface area contributed by atoms with Crippen LogP contribution in [0.25, 0.3) is 4.85 Å². The fraction of sp³-hybridized carbons (Fsp3) is 0.667. The highest BCUT2D eigenvalue weighted by Crippen LogP contribution is 2.39. The molecule has 1 fully saturated rings. The summed E-state index contributed by atoms with van der Waals surface area (Å²) in [5, 5.41) is 22.7. The van der Waals surface area contributed by atoms with E-state index in [1.54, 1.807) is 13.8 Å². The predicted molar refractivity (Wildman–Crippen MR) is 95.6 cm³/mol. The lowest BCUT2D eigenvalue weighted by Gasteiger charge is -2.33. The SMILES string of the molecule is [C-]#[N+][C@]1(COC(C)C)O[C@@H](N2C=C(CO)C(=O)NC2=C)[C@@H](O)C1OC(C)C. The van der Waals surface area contributed by atoms with Crippen molar-refractivity contribution in [2.45, 2.75) is 64.1 Å². The molecule has 2 aliphatic rings. The van der Waals surface area contributed by atoms with Crippen LogP contribution in [0.4, 0.5) is 0 Å². The molecule has 0 spiro atoms. The number of carbonyl (C=O) groups is 1. The van der Waals surface area contributed by atoms with Gasteiger partial charge in [0.05, 0.1) is 24.4 Å². The standard InChI is InChI=1S/C18H27N3O6/c1-10(2)25-9-18(19-6)15(26-11(3)4)14(23)17(27-18)21-7-13(8-22)16(24)20-12(21)5/h7,10-11,14-15,17,22-23H,5,8-9H2,1-4H3,(H,20,24)/t14-,15?,17+,18+/m0/s1. The molecule has 2 heterocycles. The third-order valence-electron chi connectivity index (χ3n) is 4.20. The highest BCUT2D eigenvalue weighted by molar-refractivity contribution is 5.95. The molecule has 0 aromatic heterocycles. The Labute approximate surface area is 159 Å². The molecule has 2 aliphatic heterocycles. The lowest BCUT2D eigenvalue weighted by atomic mass is 10.0. The van der Waals surface area contributed by atoms with Crippen LogP contribution < -0.4 is 5.32 Å². The molecule has 2 rings (SSSR count).